The first-order valence-corrected chi connectivity index (χ1v) is 7.45. The van der Waals surface area contributed by atoms with Gasteiger partial charge in [-0.3, -0.25) is 4.79 Å². The molecular weight excluding hydrogens is 290 g/mol. The SMILES string of the molecule is Cc1noc(C)c1CNC(=O)CC1(CN)CCCCC1.Cl. The summed E-state index contributed by atoms with van der Waals surface area (Å²) < 4.78 is 5.10. The van der Waals surface area contributed by atoms with Gasteiger partial charge in [0.1, 0.15) is 5.76 Å². The molecule has 0 aromatic carbocycles. The van der Waals surface area contributed by atoms with Crippen LogP contribution in [0.5, 0.6) is 0 Å². The number of carbonyl (C=O) groups is 1. The number of hydrogen-bond acceptors (Lipinski definition) is 4. The molecule has 6 heteroatoms. The Hall–Kier alpha value is -1.07. The highest BCUT2D eigenvalue weighted by atomic mass is 35.5. The number of rotatable bonds is 5. The van der Waals surface area contributed by atoms with E-state index in [2.05, 4.69) is 10.5 Å². The molecule has 0 unspecified atom stereocenters. The number of carbonyl (C=O) groups excluding carboxylic acids is 1. The zero-order chi connectivity index (χ0) is 14.6. The molecule has 0 radical (unpaired) electrons. The van der Waals surface area contributed by atoms with Gasteiger partial charge in [0, 0.05) is 18.5 Å². The van der Waals surface area contributed by atoms with Crippen molar-refractivity contribution in [2.24, 2.45) is 11.1 Å². The van der Waals surface area contributed by atoms with Crippen molar-refractivity contribution in [2.45, 2.75) is 58.9 Å². The maximum absolute atomic E-state index is 12.2. The second kappa shape index (κ2) is 7.80. The molecule has 0 saturated heterocycles. The van der Waals surface area contributed by atoms with Gasteiger partial charge < -0.3 is 15.6 Å². The number of aryl methyl sites for hydroxylation is 2. The Bertz CT molecular complexity index is 448. The Morgan fingerprint density at radius 2 is 2.00 bits per heavy atom. The lowest BCUT2D eigenvalue weighted by Gasteiger charge is -2.35. The van der Waals surface area contributed by atoms with Gasteiger partial charge in [-0.2, -0.15) is 0 Å². The minimum atomic E-state index is 0. The molecule has 120 valence electrons. The van der Waals surface area contributed by atoms with Crippen LogP contribution in [0.25, 0.3) is 0 Å². The molecule has 1 saturated carbocycles. The molecule has 1 aromatic rings. The first-order chi connectivity index (χ1) is 9.56. The molecule has 5 nitrogen and oxygen atoms in total. The molecule has 1 aromatic heterocycles. The van der Waals surface area contributed by atoms with Crippen molar-refractivity contribution in [3.8, 4) is 0 Å². The second-order valence-electron chi connectivity index (χ2n) is 6.02. The highest BCUT2D eigenvalue weighted by molar-refractivity contribution is 5.85. The third-order valence-electron chi connectivity index (χ3n) is 4.53. The molecule has 1 aliphatic carbocycles. The topological polar surface area (TPSA) is 81.2 Å². The molecule has 1 fully saturated rings. The van der Waals surface area contributed by atoms with Crippen molar-refractivity contribution in [3.05, 3.63) is 17.0 Å². The molecule has 21 heavy (non-hydrogen) atoms. The zero-order valence-electron chi connectivity index (χ0n) is 12.9. The third kappa shape index (κ3) is 4.45. The van der Waals surface area contributed by atoms with Gasteiger partial charge in [-0.1, -0.05) is 24.4 Å². The van der Waals surface area contributed by atoms with E-state index in [9.17, 15) is 4.79 Å². The van der Waals surface area contributed by atoms with Crippen LogP contribution in [0.1, 0.15) is 55.5 Å². The number of nitrogens with zero attached hydrogens (tertiary/aromatic N) is 1. The van der Waals surface area contributed by atoms with Crippen LogP contribution in [-0.4, -0.2) is 17.6 Å². The summed E-state index contributed by atoms with van der Waals surface area (Å²) in [5.41, 5.74) is 7.75. The van der Waals surface area contributed by atoms with Gasteiger partial charge in [0.2, 0.25) is 5.91 Å². The molecule has 2 rings (SSSR count). The van der Waals surface area contributed by atoms with E-state index in [-0.39, 0.29) is 23.7 Å². The molecule has 1 aliphatic rings. The van der Waals surface area contributed by atoms with Crippen LogP contribution < -0.4 is 11.1 Å². The highest BCUT2D eigenvalue weighted by Gasteiger charge is 2.32. The first kappa shape index (κ1) is 18.0. The van der Waals surface area contributed by atoms with Gasteiger partial charge in [0.05, 0.1) is 5.69 Å². The van der Waals surface area contributed by atoms with Crippen LogP contribution in [0.4, 0.5) is 0 Å². The number of nitrogens with two attached hydrogens (primary N) is 1. The summed E-state index contributed by atoms with van der Waals surface area (Å²) in [5.74, 6) is 0.853. The van der Waals surface area contributed by atoms with Gasteiger partial charge in [-0.15, -0.1) is 12.4 Å². The maximum Gasteiger partial charge on any atom is 0.220 e. The summed E-state index contributed by atoms with van der Waals surface area (Å²) in [7, 11) is 0. The minimum Gasteiger partial charge on any atom is -0.361 e. The Kier molecular flexibility index (Phi) is 6.68. The summed E-state index contributed by atoms with van der Waals surface area (Å²) in [6.07, 6.45) is 6.32. The number of amides is 1. The molecule has 0 bridgehead atoms. The molecular formula is C15H26ClN3O2. The van der Waals surface area contributed by atoms with Gasteiger partial charge in [-0.25, -0.2) is 0 Å². The van der Waals surface area contributed by atoms with Gasteiger partial charge in [-0.05, 0) is 38.6 Å². The van der Waals surface area contributed by atoms with Crippen molar-refractivity contribution >= 4 is 18.3 Å². The highest BCUT2D eigenvalue weighted by Crippen LogP contribution is 2.38. The van der Waals surface area contributed by atoms with Crippen molar-refractivity contribution in [1.29, 1.82) is 0 Å². The maximum atomic E-state index is 12.2. The van der Waals surface area contributed by atoms with Crippen molar-refractivity contribution in [2.75, 3.05) is 6.54 Å². The lowest BCUT2D eigenvalue weighted by molar-refractivity contribution is -0.124. The van der Waals surface area contributed by atoms with Crippen molar-refractivity contribution in [3.63, 3.8) is 0 Å². The molecule has 0 spiro atoms. The van der Waals surface area contributed by atoms with Gasteiger partial charge in [0.15, 0.2) is 0 Å². The fourth-order valence-electron chi connectivity index (χ4n) is 3.10. The number of halogens is 1. The van der Waals surface area contributed by atoms with Crippen LogP contribution in [0.2, 0.25) is 0 Å². The molecule has 1 heterocycles. The molecule has 1 amide bonds. The van der Waals surface area contributed by atoms with E-state index in [1.807, 2.05) is 13.8 Å². The summed E-state index contributed by atoms with van der Waals surface area (Å²) in [5, 5.41) is 6.87. The van der Waals surface area contributed by atoms with E-state index in [0.29, 0.717) is 19.5 Å². The summed E-state index contributed by atoms with van der Waals surface area (Å²) >= 11 is 0. The summed E-state index contributed by atoms with van der Waals surface area (Å²) in [6, 6.07) is 0. The van der Waals surface area contributed by atoms with Crippen LogP contribution in [-0.2, 0) is 11.3 Å². The fourth-order valence-corrected chi connectivity index (χ4v) is 3.10. The fraction of sp³-hybridized carbons (Fsp3) is 0.733. The van der Waals surface area contributed by atoms with E-state index in [4.69, 9.17) is 10.3 Å². The van der Waals surface area contributed by atoms with Crippen LogP contribution >= 0.6 is 12.4 Å². The number of nitrogens with one attached hydrogen (secondary N) is 1. The Labute approximate surface area is 132 Å². The lowest BCUT2D eigenvalue weighted by Crippen LogP contribution is -2.38. The third-order valence-corrected chi connectivity index (χ3v) is 4.53. The molecule has 3 N–H and O–H groups in total. The quantitative estimate of drug-likeness (QED) is 0.875. The molecule has 0 aliphatic heterocycles. The van der Waals surface area contributed by atoms with E-state index >= 15 is 0 Å². The van der Waals surface area contributed by atoms with Crippen LogP contribution in [0.15, 0.2) is 4.52 Å². The first-order valence-electron chi connectivity index (χ1n) is 7.45. The van der Waals surface area contributed by atoms with Crippen molar-refractivity contribution < 1.29 is 9.32 Å². The normalized spacial score (nSPS) is 17.1. The predicted octanol–water partition coefficient (Wildman–Crippen LogP) is 2.63. The summed E-state index contributed by atoms with van der Waals surface area (Å²) in [4.78, 5) is 12.2. The zero-order valence-corrected chi connectivity index (χ0v) is 13.7. The number of aromatic nitrogens is 1. The Morgan fingerprint density at radius 1 is 1.33 bits per heavy atom. The lowest BCUT2D eigenvalue weighted by atomic mass is 9.71. The number of hydrogen-bond donors (Lipinski definition) is 2. The van der Waals surface area contributed by atoms with E-state index in [1.54, 1.807) is 0 Å². The predicted molar refractivity (Wildman–Crippen MR) is 84.3 cm³/mol. The average Bonchev–Trinajstić information content (AvgIpc) is 2.77. The van der Waals surface area contributed by atoms with Crippen LogP contribution in [0, 0.1) is 19.3 Å². The average molecular weight is 316 g/mol. The largest absolute Gasteiger partial charge is 0.361 e. The second-order valence-corrected chi connectivity index (χ2v) is 6.02. The van der Waals surface area contributed by atoms with E-state index < -0.39 is 0 Å². The minimum absolute atomic E-state index is 0. The Balaban J connectivity index is 0.00000220. The standard InChI is InChI=1S/C15H25N3O2.ClH/c1-11-13(12(2)20-18-11)9-17-14(19)8-15(10-16)6-4-3-5-7-15;/h3-10,16H2,1-2H3,(H,17,19);1H. The van der Waals surface area contributed by atoms with Gasteiger partial charge in [0.25, 0.3) is 0 Å². The van der Waals surface area contributed by atoms with E-state index in [0.717, 1.165) is 29.9 Å². The smallest absolute Gasteiger partial charge is 0.220 e. The monoisotopic (exact) mass is 315 g/mol. The van der Waals surface area contributed by atoms with E-state index in [1.165, 1.54) is 19.3 Å². The van der Waals surface area contributed by atoms with Crippen LogP contribution in [0.3, 0.4) is 0 Å². The summed E-state index contributed by atoms with van der Waals surface area (Å²) in [6.45, 7) is 4.84. The van der Waals surface area contributed by atoms with Crippen molar-refractivity contribution in [1.82, 2.24) is 10.5 Å². The molecule has 0 atom stereocenters. The Morgan fingerprint density at radius 3 is 2.52 bits per heavy atom. The van der Waals surface area contributed by atoms with Gasteiger partial charge >= 0.3 is 0 Å².